The number of pyridine rings is 1. The average molecular weight is 367 g/mol. The molecule has 0 N–H and O–H groups in total. The molecule has 9 heteroatoms. The lowest BCUT2D eigenvalue weighted by Crippen LogP contribution is -2.50. The molecular formula is C18H18FN7O. The van der Waals surface area contributed by atoms with E-state index >= 15 is 0 Å². The van der Waals surface area contributed by atoms with E-state index in [2.05, 4.69) is 25.3 Å². The predicted molar refractivity (Wildman–Crippen MR) is 96.2 cm³/mol. The third-order valence-electron chi connectivity index (χ3n) is 4.44. The van der Waals surface area contributed by atoms with E-state index < -0.39 is 0 Å². The molecule has 1 aliphatic heterocycles. The smallest absolute Gasteiger partial charge is 0.246 e. The van der Waals surface area contributed by atoms with E-state index in [0.29, 0.717) is 24.5 Å². The Morgan fingerprint density at radius 1 is 1.04 bits per heavy atom. The van der Waals surface area contributed by atoms with Crippen LogP contribution in [-0.2, 0) is 11.3 Å². The van der Waals surface area contributed by atoms with Crippen LogP contribution in [0.3, 0.4) is 0 Å². The maximum absolute atomic E-state index is 13.0. The van der Waals surface area contributed by atoms with Crippen molar-refractivity contribution in [2.45, 2.75) is 6.54 Å². The van der Waals surface area contributed by atoms with E-state index in [9.17, 15) is 9.18 Å². The van der Waals surface area contributed by atoms with E-state index in [1.54, 1.807) is 23.2 Å². The van der Waals surface area contributed by atoms with Crippen LogP contribution in [0.5, 0.6) is 0 Å². The summed E-state index contributed by atoms with van der Waals surface area (Å²) in [7, 11) is 0. The largest absolute Gasteiger partial charge is 0.353 e. The first-order chi connectivity index (χ1) is 13.2. The van der Waals surface area contributed by atoms with Gasteiger partial charge in [-0.1, -0.05) is 6.07 Å². The first-order valence-corrected chi connectivity index (χ1v) is 8.66. The fraction of sp³-hybridized carbons (Fsp3) is 0.278. The molecule has 0 radical (unpaired) electrons. The Morgan fingerprint density at radius 3 is 2.52 bits per heavy atom. The minimum atomic E-state index is -0.328. The highest BCUT2D eigenvalue weighted by atomic mass is 19.1. The van der Waals surface area contributed by atoms with Gasteiger partial charge in [0.2, 0.25) is 11.7 Å². The Balaban J connectivity index is 1.34. The van der Waals surface area contributed by atoms with Gasteiger partial charge in [0.1, 0.15) is 18.2 Å². The van der Waals surface area contributed by atoms with Gasteiger partial charge in [0.05, 0.1) is 0 Å². The van der Waals surface area contributed by atoms with Crippen LogP contribution in [0.1, 0.15) is 0 Å². The second-order valence-electron chi connectivity index (χ2n) is 6.21. The standard InChI is InChI=1S/C18H18FN7O/c19-15-6-4-14(5-7-15)18-21-23-26(22-18)13-17(27)25-11-9-24(10-12-25)16-3-1-2-8-20-16/h1-8H,9-13H2. The monoisotopic (exact) mass is 367 g/mol. The van der Waals surface area contributed by atoms with Crippen LogP contribution < -0.4 is 4.90 Å². The third kappa shape index (κ3) is 3.91. The van der Waals surface area contributed by atoms with E-state index in [1.807, 2.05) is 18.2 Å². The highest BCUT2D eigenvalue weighted by Gasteiger charge is 2.22. The topological polar surface area (TPSA) is 80.0 Å². The highest BCUT2D eigenvalue weighted by Crippen LogP contribution is 2.15. The Kier molecular flexibility index (Phi) is 4.73. The zero-order chi connectivity index (χ0) is 18.6. The van der Waals surface area contributed by atoms with Crippen molar-refractivity contribution >= 4 is 11.7 Å². The number of anilines is 1. The number of piperazine rings is 1. The van der Waals surface area contributed by atoms with Crippen molar-refractivity contribution in [1.29, 1.82) is 0 Å². The van der Waals surface area contributed by atoms with E-state index in [0.717, 1.165) is 18.9 Å². The number of nitrogens with zero attached hydrogens (tertiary/aromatic N) is 7. The first-order valence-electron chi connectivity index (χ1n) is 8.66. The number of rotatable bonds is 4. The number of tetrazole rings is 1. The van der Waals surface area contributed by atoms with Crippen molar-refractivity contribution in [2.75, 3.05) is 31.1 Å². The number of halogens is 1. The Morgan fingerprint density at radius 2 is 1.81 bits per heavy atom. The summed E-state index contributed by atoms with van der Waals surface area (Å²) in [6.07, 6.45) is 1.77. The van der Waals surface area contributed by atoms with Crippen LogP contribution in [0, 0.1) is 5.82 Å². The van der Waals surface area contributed by atoms with Crippen molar-refractivity contribution in [3.05, 3.63) is 54.5 Å². The molecule has 1 aliphatic rings. The maximum atomic E-state index is 13.0. The molecule has 1 amide bonds. The minimum absolute atomic E-state index is 0.0256. The fourth-order valence-corrected chi connectivity index (χ4v) is 2.97. The molecule has 138 valence electrons. The molecule has 1 fully saturated rings. The normalized spacial score (nSPS) is 14.4. The van der Waals surface area contributed by atoms with Gasteiger partial charge < -0.3 is 9.80 Å². The molecule has 1 aromatic carbocycles. The lowest BCUT2D eigenvalue weighted by atomic mass is 10.2. The van der Waals surface area contributed by atoms with Crippen molar-refractivity contribution in [1.82, 2.24) is 30.1 Å². The fourth-order valence-electron chi connectivity index (χ4n) is 2.97. The lowest BCUT2D eigenvalue weighted by molar-refractivity contribution is -0.132. The van der Waals surface area contributed by atoms with Crippen LogP contribution in [-0.4, -0.2) is 62.2 Å². The van der Waals surface area contributed by atoms with Gasteiger partial charge in [-0.05, 0) is 41.6 Å². The predicted octanol–water partition coefficient (Wildman–Crippen LogP) is 1.22. The number of carbonyl (C=O) groups is 1. The van der Waals surface area contributed by atoms with Gasteiger partial charge in [0.15, 0.2) is 0 Å². The number of hydrogen-bond donors (Lipinski definition) is 0. The van der Waals surface area contributed by atoms with Gasteiger partial charge in [-0.15, -0.1) is 10.2 Å². The molecule has 8 nitrogen and oxygen atoms in total. The molecule has 3 heterocycles. The Labute approximate surface area is 155 Å². The SMILES string of the molecule is O=C(Cn1nnc(-c2ccc(F)cc2)n1)N1CCN(c2ccccn2)CC1. The molecule has 0 spiro atoms. The summed E-state index contributed by atoms with van der Waals surface area (Å²) in [6, 6.07) is 11.6. The molecule has 1 saturated heterocycles. The molecule has 2 aromatic heterocycles. The minimum Gasteiger partial charge on any atom is -0.353 e. The highest BCUT2D eigenvalue weighted by molar-refractivity contribution is 5.76. The van der Waals surface area contributed by atoms with Crippen LogP contribution >= 0.6 is 0 Å². The Bertz CT molecular complexity index is 905. The number of benzene rings is 1. The van der Waals surface area contributed by atoms with Crippen molar-refractivity contribution in [3.63, 3.8) is 0 Å². The molecular weight excluding hydrogens is 349 g/mol. The molecule has 0 bridgehead atoms. The molecule has 3 aromatic rings. The summed E-state index contributed by atoms with van der Waals surface area (Å²) in [5, 5.41) is 12.1. The zero-order valence-electron chi connectivity index (χ0n) is 14.6. The van der Waals surface area contributed by atoms with Crippen molar-refractivity contribution < 1.29 is 9.18 Å². The lowest BCUT2D eigenvalue weighted by Gasteiger charge is -2.35. The number of carbonyl (C=O) groups excluding carboxylic acids is 1. The summed E-state index contributed by atoms with van der Waals surface area (Å²) in [5.41, 5.74) is 0.652. The van der Waals surface area contributed by atoms with Crippen molar-refractivity contribution in [2.24, 2.45) is 0 Å². The van der Waals surface area contributed by atoms with Crippen LogP contribution in [0.25, 0.3) is 11.4 Å². The van der Waals surface area contributed by atoms with Gasteiger partial charge in [0.25, 0.3) is 0 Å². The summed E-state index contributed by atoms with van der Waals surface area (Å²) in [6.45, 7) is 2.73. The van der Waals surface area contributed by atoms with Gasteiger partial charge in [-0.3, -0.25) is 4.79 Å². The molecule has 4 rings (SSSR count). The first kappa shape index (κ1) is 17.1. The average Bonchev–Trinajstić information content (AvgIpc) is 3.18. The zero-order valence-corrected chi connectivity index (χ0v) is 14.6. The third-order valence-corrected chi connectivity index (χ3v) is 4.44. The van der Waals surface area contributed by atoms with Crippen molar-refractivity contribution in [3.8, 4) is 11.4 Å². The van der Waals surface area contributed by atoms with Gasteiger partial charge in [0, 0.05) is 37.9 Å². The second kappa shape index (κ2) is 7.48. The summed E-state index contributed by atoms with van der Waals surface area (Å²) in [4.78, 5) is 22.1. The van der Waals surface area contributed by atoms with Gasteiger partial charge in [-0.2, -0.15) is 4.80 Å². The maximum Gasteiger partial charge on any atom is 0.246 e. The van der Waals surface area contributed by atoms with Crippen LogP contribution in [0.2, 0.25) is 0 Å². The summed E-state index contributed by atoms with van der Waals surface area (Å²) < 4.78 is 13.0. The van der Waals surface area contributed by atoms with Crippen LogP contribution in [0.4, 0.5) is 10.2 Å². The molecule has 0 saturated carbocycles. The summed E-state index contributed by atoms with van der Waals surface area (Å²) >= 11 is 0. The number of aromatic nitrogens is 5. The molecule has 0 aliphatic carbocycles. The van der Waals surface area contributed by atoms with E-state index in [-0.39, 0.29) is 18.3 Å². The molecule has 27 heavy (non-hydrogen) atoms. The van der Waals surface area contributed by atoms with E-state index in [4.69, 9.17) is 0 Å². The van der Waals surface area contributed by atoms with E-state index in [1.165, 1.54) is 16.9 Å². The quantitative estimate of drug-likeness (QED) is 0.690. The van der Waals surface area contributed by atoms with Gasteiger partial charge in [-0.25, -0.2) is 9.37 Å². The van der Waals surface area contributed by atoms with Gasteiger partial charge >= 0.3 is 0 Å². The second-order valence-corrected chi connectivity index (χ2v) is 6.21. The molecule has 0 atom stereocenters. The Hall–Kier alpha value is -3.36. The number of amides is 1. The molecule has 0 unspecified atom stereocenters. The summed E-state index contributed by atoms with van der Waals surface area (Å²) in [5.74, 6) is 0.902. The number of hydrogen-bond acceptors (Lipinski definition) is 6. The van der Waals surface area contributed by atoms with Crippen LogP contribution in [0.15, 0.2) is 48.7 Å².